The van der Waals surface area contributed by atoms with Crippen molar-refractivity contribution in [1.82, 2.24) is 14.9 Å². The fourth-order valence-electron chi connectivity index (χ4n) is 2.45. The molecule has 2 N–H and O–H groups in total. The van der Waals surface area contributed by atoms with E-state index in [1.54, 1.807) is 30.3 Å². The average Bonchev–Trinajstić information content (AvgIpc) is 3.33. The van der Waals surface area contributed by atoms with Crippen molar-refractivity contribution >= 4 is 29.0 Å². The first kappa shape index (κ1) is 26.0. The number of rotatable bonds is 11. The maximum Gasteiger partial charge on any atom is 0.391 e. The molecule has 182 valence electrons. The summed E-state index contributed by atoms with van der Waals surface area (Å²) in [4.78, 5) is 12.6. The third-order valence-electron chi connectivity index (χ3n) is 4.02. The molecule has 0 aliphatic heterocycles. The van der Waals surface area contributed by atoms with Gasteiger partial charge in [0.15, 0.2) is 0 Å². The molecule has 35 heavy (non-hydrogen) atoms. The van der Waals surface area contributed by atoms with Gasteiger partial charge in [-0.1, -0.05) is 16.5 Å². The summed E-state index contributed by atoms with van der Waals surface area (Å²) in [6, 6.07) is 11.0. The number of nitrogens with one attached hydrogen (secondary N) is 1. The molecular weight excluding hydrogens is 524 g/mol. The average molecular weight is 539 g/mol. The largest absolute Gasteiger partial charge is 0.493 e. The minimum Gasteiger partial charge on any atom is -0.493 e. The highest BCUT2D eigenvalue weighted by Gasteiger charge is 2.28. The molecule has 1 heterocycles. The summed E-state index contributed by atoms with van der Waals surface area (Å²) < 4.78 is 62.6. The van der Waals surface area contributed by atoms with Crippen molar-refractivity contribution in [2.45, 2.75) is 4.34 Å². The number of azide groups is 1. The molecule has 0 aliphatic rings. The third kappa shape index (κ3) is 7.20. The van der Waals surface area contributed by atoms with Gasteiger partial charge in [0.1, 0.15) is 34.7 Å². The van der Waals surface area contributed by atoms with Crippen molar-refractivity contribution in [2.24, 2.45) is 5.11 Å². The Morgan fingerprint density at radius 1 is 1.26 bits per heavy atom. The summed E-state index contributed by atoms with van der Waals surface area (Å²) in [6.45, 7) is 0.355. The van der Waals surface area contributed by atoms with Crippen LogP contribution in [0.5, 0.6) is 11.5 Å². The number of benzene rings is 2. The summed E-state index contributed by atoms with van der Waals surface area (Å²) in [5.74, 6) is -0.809. The molecule has 0 bridgehead atoms. The second-order valence-electron chi connectivity index (χ2n) is 6.49. The van der Waals surface area contributed by atoms with Crippen molar-refractivity contribution in [3.05, 3.63) is 64.3 Å². The first-order valence-electron chi connectivity index (χ1n) is 9.42. The molecule has 0 fully saturated rings. The number of nitrogens with zero attached hydrogens (tertiary/aromatic N) is 6. The van der Waals surface area contributed by atoms with E-state index in [9.17, 15) is 22.3 Å². The zero-order valence-corrected chi connectivity index (χ0v) is 20.0. The molecular formula is C18H15FN7O6PS2. The van der Waals surface area contributed by atoms with Crippen LogP contribution in [0, 0.1) is 17.1 Å². The highest BCUT2D eigenvalue weighted by atomic mass is 32.2. The normalized spacial score (nSPS) is 12.7. The Kier molecular flexibility index (Phi) is 8.36. The second kappa shape index (κ2) is 11.2. The Morgan fingerprint density at radius 2 is 1.97 bits per heavy atom. The Hall–Kier alpha value is -3.57. The number of ether oxygens (including phenoxy) is 1. The molecule has 3 aromatic rings. The molecule has 0 amide bonds. The van der Waals surface area contributed by atoms with Gasteiger partial charge in [-0.15, -0.1) is 10.2 Å². The third-order valence-corrected chi connectivity index (χ3v) is 8.03. The predicted molar refractivity (Wildman–Crippen MR) is 122 cm³/mol. The Morgan fingerprint density at radius 3 is 2.63 bits per heavy atom. The van der Waals surface area contributed by atoms with Crippen LogP contribution >= 0.6 is 18.9 Å². The number of nitriles is 1. The van der Waals surface area contributed by atoms with Gasteiger partial charge < -0.3 is 14.2 Å². The first-order chi connectivity index (χ1) is 16.6. The van der Waals surface area contributed by atoms with Crippen molar-refractivity contribution in [1.29, 1.82) is 5.26 Å². The van der Waals surface area contributed by atoms with Crippen molar-refractivity contribution < 1.29 is 31.5 Å². The van der Waals surface area contributed by atoms with E-state index in [1.807, 2.05) is 4.72 Å². The molecule has 0 saturated heterocycles. The van der Waals surface area contributed by atoms with Crippen LogP contribution in [0.2, 0.25) is 0 Å². The summed E-state index contributed by atoms with van der Waals surface area (Å²) in [7, 11) is -8.89. The van der Waals surface area contributed by atoms with E-state index in [0.717, 1.165) is 29.5 Å². The van der Waals surface area contributed by atoms with Crippen molar-refractivity contribution in [3.63, 3.8) is 0 Å². The van der Waals surface area contributed by atoms with Gasteiger partial charge in [0.05, 0.1) is 18.7 Å². The molecule has 0 saturated carbocycles. The second-order valence-corrected chi connectivity index (χ2v) is 11.2. The number of aromatic nitrogens is 2. The Bertz CT molecular complexity index is 1450. The summed E-state index contributed by atoms with van der Waals surface area (Å²) in [5, 5.41) is 19.8. The van der Waals surface area contributed by atoms with Gasteiger partial charge in [-0.3, -0.25) is 0 Å². The summed E-state index contributed by atoms with van der Waals surface area (Å²) >= 11 is 0.723. The van der Waals surface area contributed by atoms with Crippen LogP contribution in [0.4, 0.5) is 4.39 Å². The van der Waals surface area contributed by atoms with E-state index in [2.05, 4.69) is 20.2 Å². The molecule has 0 radical (unpaired) electrons. The molecule has 13 nitrogen and oxygen atoms in total. The van der Waals surface area contributed by atoms with E-state index in [0.29, 0.717) is 11.3 Å². The van der Waals surface area contributed by atoms with Crippen LogP contribution in [0.3, 0.4) is 0 Å². The highest BCUT2D eigenvalue weighted by molar-refractivity contribution is 7.91. The molecule has 0 spiro atoms. The van der Waals surface area contributed by atoms with Gasteiger partial charge in [0, 0.05) is 16.5 Å². The molecule has 1 aromatic heterocycles. The van der Waals surface area contributed by atoms with E-state index >= 15 is 0 Å². The number of hydrogen-bond acceptors (Lipinski definition) is 10. The van der Waals surface area contributed by atoms with Crippen LogP contribution in [0.25, 0.3) is 21.0 Å². The van der Waals surface area contributed by atoms with Gasteiger partial charge in [0.2, 0.25) is 4.34 Å². The topological polar surface area (TPSA) is 200 Å². The summed E-state index contributed by atoms with van der Waals surface area (Å²) in [5.41, 5.74) is 8.49. The van der Waals surface area contributed by atoms with Gasteiger partial charge in [-0.25, -0.2) is 17.4 Å². The van der Waals surface area contributed by atoms with E-state index in [-0.39, 0.29) is 29.5 Å². The Balaban J connectivity index is 1.63. The van der Waals surface area contributed by atoms with Crippen molar-refractivity contribution in [3.8, 4) is 28.1 Å². The zero-order valence-electron chi connectivity index (χ0n) is 17.5. The zero-order chi connectivity index (χ0) is 25.5. The lowest BCUT2D eigenvalue weighted by atomic mass is 10.2. The van der Waals surface area contributed by atoms with Gasteiger partial charge in [-0.2, -0.15) is 9.98 Å². The van der Waals surface area contributed by atoms with E-state index < -0.39 is 34.1 Å². The Labute approximate surface area is 202 Å². The van der Waals surface area contributed by atoms with Gasteiger partial charge in [-0.05, 0) is 41.9 Å². The lowest BCUT2D eigenvalue weighted by molar-refractivity contribution is 0.328. The molecule has 1 atom stereocenters. The predicted octanol–water partition coefficient (Wildman–Crippen LogP) is 3.41. The monoisotopic (exact) mass is 539 g/mol. The minimum atomic E-state index is -4.57. The quantitative estimate of drug-likeness (QED) is 0.120. The van der Waals surface area contributed by atoms with Crippen LogP contribution in [-0.2, 0) is 14.6 Å². The van der Waals surface area contributed by atoms with E-state index in [4.69, 9.17) is 20.1 Å². The van der Waals surface area contributed by atoms with E-state index in [1.165, 1.54) is 0 Å². The molecule has 2 aromatic carbocycles. The van der Waals surface area contributed by atoms with Gasteiger partial charge in [0.25, 0.3) is 10.0 Å². The number of sulfonamides is 1. The maximum absolute atomic E-state index is 13.6. The maximum atomic E-state index is 13.6. The van der Waals surface area contributed by atoms with Crippen LogP contribution in [0.1, 0.15) is 5.56 Å². The molecule has 1 unspecified atom stereocenters. The molecule has 3 rings (SSSR count). The lowest BCUT2D eigenvalue weighted by Crippen LogP contribution is -2.25. The van der Waals surface area contributed by atoms with Crippen LogP contribution in [0.15, 0.2) is 51.9 Å². The standard InChI is InChI=1S/C18H15FN7O6PS2/c19-16-9-15(6-3-13(16)10-20)32-33(27,28)11-23-35(29,30)18-25-24-17(34-18)12-1-4-14(5-2-12)31-8-7-22-26-21/h1-6,9,23H,7-8,11H2,(H,27,28). The summed E-state index contributed by atoms with van der Waals surface area (Å²) in [6.07, 6.45) is -1.02. The SMILES string of the molecule is N#Cc1ccc(OP(=O)(O)CNS(=O)(=O)c2nnc(-c3ccc(OCCN=[N+]=[N-])cc3)s2)cc1F. The lowest BCUT2D eigenvalue weighted by Gasteiger charge is -2.13. The first-order valence-corrected chi connectivity index (χ1v) is 13.5. The van der Waals surface area contributed by atoms with Crippen LogP contribution in [-0.4, -0.2) is 42.9 Å². The highest BCUT2D eigenvalue weighted by Crippen LogP contribution is 2.42. The minimum absolute atomic E-state index is 0.166. The number of halogens is 1. The number of hydrogen-bond donors (Lipinski definition) is 2. The molecule has 0 aliphatic carbocycles. The van der Waals surface area contributed by atoms with Gasteiger partial charge >= 0.3 is 7.60 Å². The van der Waals surface area contributed by atoms with Crippen LogP contribution < -0.4 is 14.0 Å². The fourth-order valence-corrected chi connectivity index (χ4v) is 5.99. The fraction of sp³-hybridized carbons (Fsp3) is 0.167. The smallest absolute Gasteiger partial charge is 0.391 e. The molecule has 17 heteroatoms. The van der Waals surface area contributed by atoms with Crippen molar-refractivity contribution in [2.75, 3.05) is 19.4 Å².